The minimum absolute atomic E-state index is 0.401. The Morgan fingerprint density at radius 3 is 2.50 bits per heavy atom. The average molecular weight is 257 g/mol. The van der Waals surface area contributed by atoms with Crippen LogP contribution in [0.15, 0.2) is 18.2 Å². The van der Waals surface area contributed by atoms with Gasteiger partial charge in [0, 0.05) is 22.9 Å². The van der Waals surface area contributed by atoms with Crippen LogP contribution in [0.2, 0.25) is 10.0 Å². The number of ketones is 1. The average Bonchev–Trinajstić information content (AvgIpc) is 2.25. The SMILES string of the molecule is O=C1CCC(Cc2ccc(Cl)cc2Cl)CC1. The van der Waals surface area contributed by atoms with Crippen molar-refractivity contribution in [3.8, 4) is 0 Å². The molecular formula is C13H14Cl2O. The molecule has 2 rings (SSSR count). The van der Waals surface area contributed by atoms with Gasteiger partial charge in [-0.2, -0.15) is 0 Å². The molecule has 0 spiro atoms. The number of benzene rings is 1. The number of Topliss-reactive ketones (excluding diaryl/α,β-unsaturated/α-hetero) is 1. The number of halogens is 2. The molecule has 0 bridgehead atoms. The molecule has 0 radical (unpaired) electrons. The van der Waals surface area contributed by atoms with E-state index in [2.05, 4.69) is 0 Å². The van der Waals surface area contributed by atoms with E-state index >= 15 is 0 Å². The molecule has 0 atom stereocenters. The fraction of sp³-hybridized carbons (Fsp3) is 0.462. The number of carbonyl (C=O) groups is 1. The molecule has 1 saturated carbocycles. The highest BCUT2D eigenvalue weighted by molar-refractivity contribution is 6.35. The molecule has 0 unspecified atom stereocenters. The molecule has 1 aromatic carbocycles. The monoisotopic (exact) mass is 256 g/mol. The summed E-state index contributed by atoms with van der Waals surface area (Å²) in [5, 5.41) is 1.41. The maximum atomic E-state index is 11.1. The van der Waals surface area contributed by atoms with Crippen LogP contribution < -0.4 is 0 Å². The van der Waals surface area contributed by atoms with Gasteiger partial charge in [-0.25, -0.2) is 0 Å². The topological polar surface area (TPSA) is 17.1 Å². The van der Waals surface area contributed by atoms with Gasteiger partial charge in [0.2, 0.25) is 0 Å². The van der Waals surface area contributed by atoms with E-state index < -0.39 is 0 Å². The molecule has 0 aliphatic heterocycles. The first-order chi connectivity index (χ1) is 7.65. The van der Waals surface area contributed by atoms with Gasteiger partial charge in [0.1, 0.15) is 5.78 Å². The second-order valence-electron chi connectivity index (χ2n) is 4.42. The quantitative estimate of drug-likeness (QED) is 0.772. The molecule has 16 heavy (non-hydrogen) atoms. The maximum absolute atomic E-state index is 11.1. The summed E-state index contributed by atoms with van der Waals surface area (Å²) < 4.78 is 0. The highest BCUT2D eigenvalue weighted by Gasteiger charge is 2.19. The molecule has 1 aromatic rings. The Bertz CT molecular complexity index is 391. The number of hydrogen-bond acceptors (Lipinski definition) is 1. The summed E-state index contributed by atoms with van der Waals surface area (Å²) >= 11 is 12.0. The van der Waals surface area contributed by atoms with Gasteiger partial charge in [0.15, 0.2) is 0 Å². The van der Waals surface area contributed by atoms with Gasteiger partial charge in [-0.05, 0) is 42.9 Å². The Kier molecular flexibility index (Phi) is 3.88. The summed E-state index contributed by atoms with van der Waals surface area (Å²) in [4.78, 5) is 11.1. The van der Waals surface area contributed by atoms with Crippen LogP contribution in [-0.2, 0) is 11.2 Å². The van der Waals surface area contributed by atoms with Crippen molar-refractivity contribution in [3.05, 3.63) is 33.8 Å². The first-order valence-corrected chi connectivity index (χ1v) is 6.36. The predicted molar refractivity (Wildman–Crippen MR) is 67.1 cm³/mol. The van der Waals surface area contributed by atoms with E-state index in [-0.39, 0.29) is 0 Å². The maximum Gasteiger partial charge on any atom is 0.132 e. The summed E-state index contributed by atoms with van der Waals surface area (Å²) in [5.74, 6) is 0.995. The molecule has 86 valence electrons. The molecule has 3 heteroatoms. The Hall–Kier alpha value is -0.530. The van der Waals surface area contributed by atoms with Crippen LogP contribution in [0.1, 0.15) is 31.2 Å². The number of hydrogen-bond donors (Lipinski definition) is 0. The molecule has 0 amide bonds. The lowest BCUT2D eigenvalue weighted by atomic mass is 9.84. The lowest BCUT2D eigenvalue weighted by molar-refractivity contribution is -0.120. The molecule has 1 aliphatic carbocycles. The van der Waals surface area contributed by atoms with Crippen LogP contribution in [0.25, 0.3) is 0 Å². The Morgan fingerprint density at radius 1 is 1.19 bits per heavy atom. The van der Waals surface area contributed by atoms with Crippen LogP contribution in [0, 0.1) is 5.92 Å². The third-order valence-corrected chi connectivity index (χ3v) is 3.77. The first-order valence-electron chi connectivity index (χ1n) is 5.61. The molecule has 1 nitrogen and oxygen atoms in total. The normalized spacial score (nSPS) is 17.8. The van der Waals surface area contributed by atoms with Crippen LogP contribution in [0.4, 0.5) is 0 Å². The molecule has 0 saturated heterocycles. The lowest BCUT2D eigenvalue weighted by Crippen LogP contribution is -2.15. The molecule has 0 aromatic heterocycles. The summed E-state index contributed by atoms with van der Waals surface area (Å²) in [6, 6.07) is 5.64. The van der Waals surface area contributed by atoms with E-state index in [0.717, 1.165) is 42.7 Å². The van der Waals surface area contributed by atoms with E-state index in [9.17, 15) is 4.79 Å². The fourth-order valence-electron chi connectivity index (χ4n) is 2.20. The molecule has 0 N–H and O–H groups in total. The van der Waals surface area contributed by atoms with Crippen LogP contribution in [0.3, 0.4) is 0 Å². The minimum atomic E-state index is 0.401. The Morgan fingerprint density at radius 2 is 1.88 bits per heavy atom. The summed E-state index contributed by atoms with van der Waals surface area (Å²) in [5.41, 5.74) is 1.14. The lowest BCUT2D eigenvalue weighted by Gasteiger charge is -2.21. The van der Waals surface area contributed by atoms with Gasteiger partial charge in [0.25, 0.3) is 0 Å². The van der Waals surface area contributed by atoms with Crippen molar-refractivity contribution in [2.24, 2.45) is 5.92 Å². The van der Waals surface area contributed by atoms with Gasteiger partial charge in [-0.3, -0.25) is 4.79 Å². The van der Waals surface area contributed by atoms with Crippen molar-refractivity contribution in [2.75, 3.05) is 0 Å². The Labute approximate surface area is 106 Å². The van der Waals surface area contributed by atoms with Crippen molar-refractivity contribution >= 4 is 29.0 Å². The highest BCUT2D eigenvalue weighted by atomic mass is 35.5. The largest absolute Gasteiger partial charge is 0.300 e. The van der Waals surface area contributed by atoms with Crippen molar-refractivity contribution < 1.29 is 4.79 Å². The highest BCUT2D eigenvalue weighted by Crippen LogP contribution is 2.29. The molecule has 0 heterocycles. The second-order valence-corrected chi connectivity index (χ2v) is 5.27. The van der Waals surface area contributed by atoms with E-state index in [4.69, 9.17) is 23.2 Å². The third kappa shape index (κ3) is 2.99. The minimum Gasteiger partial charge on any atom is -0.300 e. The molecule has 1 aliphatic rings. The number of carbonyl (C=O) groups excluding carboxylic acids is 1. The van der Waals surface area contributed by atoms with Crippen molar-refractivity contribution in [2.45, 2.75) is 32.1 Å². The Balaban J connectivity index is 2.01. The zero-order valence-corrected chi connectivity index (χ0v) is 10.5. The summed E-state index contributed by atoms with van der Waals surface area (Å²) in [6.45, 7) is 0. The van der Waals surface area contributed by atoms with E-state index in [0.29, 0.717) is 16.7 Å². The van der Waals surface area contributed by atoms with Gasteiger partial charge in [-0.1, -0.05) is 29.3 Å². The zero-order valence-electron chi connectivity index (χ0n) is 9.01. The molecule has 1 fully saturated rings. The standard InChI is InChI=1S/C13H14Cl2O/c14-11-4-3-10(13(15)8-11)7-9-1-5-12(16)6-2-9/h3-4,8-9H,1-2,5-7H2. The molecular weight excluding hydrogens is 243 g/mol. The van der Waals surface area contributed by atoms with Crippen LogP contribution in [-0.4, -0.2) is 5.78 Å². The smallest absolute Gasteiger partial charge is 0.132 e. The predicted octanol–water partition coefficient (Wildman–Crippen LogP) is 4.30. The van der Waals surface area contributed by atoms with Crippen molar-refractivity contribution in [1.29, 1.82) is 0 Å². The van der Waals surface area contributed by atoms with E-state index in [1.165, 1.54) is 0 Å². The number of rotatable bonds is 2. The zero-order chi connectivity index (χ0) is 11.5. The van der Waals surface area contributed by atoms with E-state index in [1.807, 2.05) is 12.1 Å². The van der Waals surface area contributed by atoms with Gasteiger partial charge in [-0.15, -0.1) is 0 Å². The van der Waals surface area contributed by atoms with Crippen LogP contribution in [0.5, 0.6) is 0 Å². The summed E-state index contributed by atoms with van der Waals surface area (Å²) in [6.07, 6.45) is 4.42. The first kappa shape index (κ1) is 11.9. The van der Waals surface area contributed by atoms with Gasteiger partial charge < -0.3 is 0 Å². The van der Waals surface area contributed by atoms with Crippen LogP contribution >= 0.6 is 23.2 Å². The van der Waals surface area contributed by atoms with E-state index in [1.54, 1.807) is 6.07 Å². The summed E-state index contributed by atoms with van der Waals surface area (Å²) in [7, 11) is 0. The fourth-order valence-corrected chi connectivity index (χ4v) is 2.69. The van der Waals surface area contributed by atoms with Crippen molar-refractivity contribution in [3.63, 3.8) is 0 Å². The third-order valence-electron chi connectivity index (χ3n) is 3.19. The second kappa shape index (κ2) is 5.20. The van der Waals surface area contributed by atoms with Gasteiger partial charge >= 0.3 is 0 Å². The van der Waals surface area contributed by atoms with Crippen molar-refractivity contribution in [1.82, 2.24) is 0 Å². The van der Waals surface area contributed by atoms with Gasteiger partial charge in [0.05, 0.1) is 0 Å².